The number of hydrogen-bond donors (Lipinski definition) is 0. The maximum Gasteiger partial charge on any atom is 0.138 e. The third kappa shape index (κ3) is 1.89. The Morgan fingerprint density at radius 3 is 2.50 bits per heavy atom. The topological polar surface area (TPSA) is 23.8 Å². The van der Waals surface area contributed by atoms with E-state index in [0.29, 0.717) is 0 Å². The maximum absolute atomic E-state index is 8.59. The van der Waals surface area contributed by atoms with E-state index in [1.807, 2.05) is 30.3 Å². The lowest BCUT2D eigenvalue weighted by atomic mass is 10.1. The van der Waals surface area contributed by atoms with Crippen LogP contribution in [-0.4, -0.2) is 0 Å². The van der Waals surface area contributed by atoms with Crippen LogP contribution in [0.25, 0.3) is 10.8 Å². The predicted molar refractivity (Wildman–Crippen MR) is 62.1 cm³/mol. The van der Waals surface area contributed by atoms with Gasteiger partial charge < -0.3 is 0 Å². The average Bonchev–Trinajstić information content (AvgIpc) is 2.19. The van der Waals surface area contributed by atoms with Crippen LogP contribution in [0.15, 0.2) is 47.4 Å². The summed E-state index contributed by atoms with van der Waals surface area (Å²) in [6.45, 7) is 0. The zero-order valence-corrected chi connectivity index (χ0v) is 7.71. The van der Waals surface area contributed by atoms with Crippen molar-refractivity contribution >= 4 is 22.5 Å². The average molecular weight is 201 g/mol. The number of nitriles is 1. The maximum atomic E-state index is 8.59. The first-order chi connectivity index (χ1) is 6.42. The standard InChI is InChI=1S/C11H7NS.CH4/c12-8-13-11-7-3-5-9-4-1-2-6-10(9)11;/h1-7H;1H4. The molecule has 0 N–H and O–H groups in total. The highest BCUT2D eigenvalue weighted by Crippen LogP contribution is 2.26. The summed E-state index contributed by atoms with van der Waals surface area (Å²) in [6, 6.07) is 14.1. The Labute approximate surface area is 88.4 Å². The van der Waals surface area contributed by atoms with E-state index in [2.05, 4.69) is 17.5 Å². The second kappa shape index (κ2) is 4.69. The molecule has 2 heteroatoms. The fraction of sp³-hybridized carbons (Fsp3) is 0.0833. The number of benzene rings is 2. The Balaban J connectivity index is 0.000000980. The number of rotatable bonds is 1. The molecule has 0 fully saturated rings. The van der Waals surface area contributed by atoms with E-state index in [9.17, 15) is 0 Å². The van der Waals surface area contributed by atoms with E-state index in [0.717, 1.165) is 10.3 Å². The van der Waals surface area contributed by atoms with Crippen LogP contribution in [-0.2, 0) is 0 Å². The zero-order valence-electron chi connectivity index (χ0n) is 6.90. The first-order valence-corrected chi connectivity index (χ1v) is 4.77. The highest BCUT2D eigenvalue weighted by Gasteiger charge is 1.98. The summed E-state index contributed by atoms with van der Waals surface area (Å²) in [6.07, 6.45) is 0. The summed E-state index contributed by atoms with van der Waals surface area (Å²) in [5.74, 6) is 0. The van der Waals surface area contributed by atoms with Crippen molar-refractivity contribution in [2.75, 3.05) is 0 Å². The van der Waals surface area contributed by atoms with Gasteiger partial charge in [0, 0.05) is 4.90 Å². The molecule has 1 nitrogen and oxygen atoms in total. The highest BCUT2D eigenvalue weighted by molar-refractivity contribution is 8.04. The van der Waals surface area contributed by atoms with Crippen LogP contribution in [0.1, 0.15) is 7.43 Å². The Morgan fingerprint density at radius 2 is 1.71 bits per heavy atom. The van der Waals surface area contributed by atoms with Crippen molar-refractivity contribution in [3.8, 4) is 5.40 Å². The molecule has 14 heavy (non-hydrogen) atoms. The third-order valence-corrected chi connectivity index (χ3v) is 2.57. The molecule has 70 valence electrons. The molecule has 0 aromatic heterocycles. The molecule has 0 unspecified atom stereocenters. The molecule has 2 aromatic rings. The fourth-order valence-corrected chi connectivity index (χ4v) is 1.87. The summed E-state index contributed by atoms with van der Waals surface area (Å²) < 4.78 is 0. The van der Waals surface area contributed by atoms with E-state index in [1.165, 1.54) is 17.1 Å². The van der Waals surface area contributed by atoms with Gasteiger partial charge in [0.1, 0.15) is 5.40 Å². The Hall–Kier alpha value is -1.46. The van der Waals surface area contributed by atoms with Gasteiger partial charge in [-0.15, -0.1) is 0 Å². The van der Waals surface area contributed by atoms with Crippen molar-refractivity contribution in [2.24, 2.45) is 0 Å². The molecule has 2 aromatic carbocycles. The first-order valence-electron chi connectivity index (χ1n) is 3.95. The van der Waals surface area contributed by atoms with Gasteiger partial charge in [-0.2, -0.15) is 5.26 Å². The van der Waals surface area contributed by atoms with Crippen LogP contribution in [0.2, 0.25) is 0 Å². The first kappa shape index (κ1) is 10.6. The zero-order chi connectivity index (χ0) is 9.10. The summed E-state index contributed by atoms with van der Waals surface area (Å²) in [5, 5.41) is 13.0. The van der Waals surface area contributed by atoms with Gasteiger partial charge in [0.15, 0.2) is 0 Å². The Kier molecular flexibility index (Phi) is 3.55. The third-order valence-electron chi connectivity index (χ3n) is 1.91. The van der Waals surface area contributed by atoms with Gasteiger partial charge in [0.25, 0.3) is 0 Å². The summed E-state index contributed by atoms with van der Waals surface area (Å²) in [5.41, 5.74) is 0. The fourth-order valence-electron chi connectivity index (χ4n) is 1.33. The van der Waals surface area contributed by atoms with E-state index in [-0.39, 0.29) is 7.43 Å². The Morgan fingerprint density at radius 1 is 1.00 bits per heavy atom. The Bertz CT molecular complexity index is 466. The molecular formula is C12H11NS. The van der Waals surface area contributed by atoms with E-state index < -0.39 is 0 Å². The predicted octanol–water partition coefficient (Wildman–Crippen LogP) is 4.05. The summed E-state index contributed by atoms with van der Waals surface area (Å²) in [7, 11) is 0. The molecule has 2 rings (SSSR count). The molecule has 0 saturated heterocycles. The second-order valence-corrected chi connectivity index (χ2v) is 3.50. The van der Waals surface area contributed by atoms with Crippen LogP contribution in [0.4, 0.5) is 0 Å². The number of thiocyanates is 1. The minimum absolute atomic E-state index is 0. The molecule has 0 amide bonds. The van der Waals surface area contributed by atoms with Crippen LogP contribution in [0.3, 0.4) is 0 Å². The van der Waals surface area contributed by atoms with Crippen molar-refractivity contribution in [1.29, 1.82) is 5.26 Å². The lowest BCUT2D eigenvalue weighted by molar-refractivity contribution is 1.53. The van der Waals surface area contributed by atoms with E-state index >= 15 is 0 Å². The van der Waals surface area contributed by atoms with Crippen LogP contribution in [0, 0.1) is 10.7 Å². The van der Waals surface area contributed by atoms with Gasteiger partial charge in [0.2, 0.25) is 0 Å². The van der Waals surface area contributed by atoms with Crippen molar-refractivity contribution in [3.05, 3.63) is 42.5 Å². The van der Waals surface area contributed by atoms with Gasteiger partial charge in [-0.05, 0) is 28.6 Å². The van der Waals surface area contributed by atoms with Gasteiger partial charge in [-0.25, -0.2) is 0 Å². The van der Waals surface area contributed by atoms with Gasteiger partial charge >= 0.3 is 0 Å². The number of hydrogen-bond acceptors (Lipinski definition) is 2. The lowest BCUT2D eigenvalue weighted by Gasteiger charge is -2.00. The minimum Gasteiger partial charge on any atom is -0.185 e. The van der Waals surface area contributed by atoms with Crippen molar-refractivity contribution in [2.45, 2.75) is 12.3 Å². The number of fused-ring (bicyclic) bond motifs is 1. The molecule has 0 saturated carbocycles. The normalized spacial score (nSPS) is 9.07. The number of thioether (sulfide) groups is 1. The van der Waals surface area contributed by atoms with Gasteiger partial charge in [-0.1, -0.05) is 43.8 Å². The van der Waals surface area contributed by atoms with E-state index in [1.54, 1.807) is 0 Å². The molecule has 0 aliphatic rings. The monoisotopic (exact) mass is 201 g/mol. The second-order valence-electron chi connectivity index (χ2n) is 2.67. The summed E-state index contributed by atoms with van der Waals surface area (Å²) in [4.78, 5) is 1.03. The van der Waals surface area contributed by atoms with Crippen molar-refractivity contribution in [3.63, 3.8) is 0 Å². The smallest absolute Gasteiger partial charge is 0.138 e. The number of nitrogens with zero attached hydrogens (tertiary/aromatic N) is 1. The molecule has 0 aliphatic carbocycles. The van der Waals surface area contributed by atoms with Crippen LogP contribution >= 0.6 is 11.8 Å². The molecule has 0 bridgehead atoms. The molecule has 0 spiro atoms. The molecular weight excluding hydrogens is 190 g/mol. The van der Waals surface area contributed by atoms with Gasteiger partial charge in [-0.3, -0.25) is 0 Å². The highest BCUT2D eigenvalue weighted by atomic mass is 32.2. The quantitative estimate of drug-likeness (QED) is 0.513. The summed E-state index contributed by atoms with van der Waals surface area (Å²) >= 11 is 1.21. The molecule has 0 heterocycles. The van der Waals surface area contributed by atoms with Crippen molar-refractivity contribution < 1.29 is 0 Å². The minimum atomic E-state index is 0. The van der Waals surface area contributed by atoms with Crippen LogP contribution < -0.4 is 0 Å². The van der Waals surface area contributed by atoms with E-state index in [4.69, 9.17) is 5.26 Å². The molecule has 0 atom stereocenters. The molecule has 0 aliphatic heterocycles. The molecule has 0 radical (unpaired) electrons. The van der Waals surface area contributed by atoms with Crippen molar-refractivity contribution in [1.82, 2.24) is 0 Å². The largest absolute Gasteiger partial charge is 0.185 e. The van der Waals surface area contributed by atoms with Gasteiger partial charge in [0.05, 0.1) is 0 Å². The lowest BCUT2D eigenvalue weighted by Crippen LogP contribution is -1.74. The van der Waals surface area contributed by atoms with Crippen LogP contribution in [0.5, 0.6) is 0 Å². The SMILES string of the molecule is C.N#CSc1cccc2ccccc12.